The molecule has 0 aliphatic carbocycles. The van der Waals surface area contributed by atoms with E-state index in [9.17, 15) is 14.4 Å². The summed E-state index contributed by atoms with van der Waals surface area (Å²) in [6, 6.07) is -0.134. The van der Waals surface area contributed by atoms with Crippen molar-refractivity contribution in [1.29, 1.82) is 0 Å². The number of hydrogen-bond donors (Lipinski definition) is 1. The highest BCUT2D eigenvalue weighted by atomic mass is 32.1. The van der Waals surface area contributed by atoms with Crippen molar-refractivity contribution in [2.45, 2.75) is 33.7 Å². The van der Waals surface area contributed by atoms with E-state index in [4.69, 9.17) is 9.47 Å². The minimum atomic E-state index is -0.433. The van der Waals surface area contributed by atoms with Gasteiger partial charge in [0.05, 0.1) is 24.6 Å². The van der Waals surface area contributed by atoms with Gasteiger partial charge in [0.2, 0.25) is 0 Å². The van der Waals surface area contributed by atoms with Crippen molar-refractivity contribution in [2.75, 3.05) is 39.4 Å². The van der Waals surface area contributed by atoms with E-state index < -0.39 is 5.97 Å². The maximum atomic E-state index is 12.7. The number of fused-ring (bicyclic) bond motifs is 1. The zero-order chi connectivity index (χ0) is 21.1. The van der Waals surface area contributed by atoms with Crippen LogP contribution < -0.4 is 5.56 Å². The lowest BCUT2D eigenvalue weighted by Gasteiger charge is -2.36. The van der Waals surface area contributed by atoms with Gasteiger partial charge in [-0.25, -0.2) is 14.6 Å². The number of piperazine rings is 1. The molecule has 1 atom stereocenters. The van der Waals surface area contributed by atoms with Gasteiger partial charge in [-0.1, -0.05) is 0 Å². The summed E-state index contributed by atoms with van der Waals surface area (Å²) in [6.07, 6.45) is -0.298. The molecule has 0 bridgehead atoms. The molecule has 1 fully saturated rings. The fourth-order valence-corrected chi connectivity index (χ4v) is 4.51. The number of aryl methyl sites for hydroxylation is 1. The summed E-state index contributed by atoms with van der Waals surface area (Å²) in [4.78, 5) is 49.0. The molecule has 9 nitrogen and oxygen atoms in total. The number of hydrogen-bond acceptors (Lipinski definition) is 8. The van der Waals surface area contributed by atoms with Gasteiger partial charge in [-0.3, -0.25) is 9.69 Å². The highest BCUT2D eigenvalue weighted by Gasteiger charge is 2.27. The third-order valence-electron chi connectivity index (χ3n) is 5.06. The molecule has 0 saturated carbocycles. The lowest BCUT2D eigenvalue weighted by Crippen LogP contribution is -2.49. The fourth-order valence-electron chi connectivity index (χ4n) is 3.43. The number of carbonyl (C=O) groups excluding carboxylic acids is 2. The van der Waals surface area contributed by atoms with Crippen molar-refractivity contribution in [3.8, 4) is 0 Å². The predicted molar refractivity (Wildman–Crippen MR) is 110 cm³/mol. The molecular formula is C19H26N4O5S. The van der Waals surface area contributed by atoms with Crippen LogP contribution in [0.15, 0.2) is 4.79 Å². The summed E-state index contributed by atoms with van der Waals surface area (Å²) in [7, 11) is 0. The van der Waals surface area contributed by atoms with E-state index in [1.165, 1.54) is 11.3 Å². The van der Waals surface area contributed by atoms with E-state index in [1.807, 2.05) is 6.92 Å². The first kappa shape index (κ1) is 21.3. The molecule has 158 valence electrons. The molecular weight excluding hydrogens is 396 g/mol. The van der Waals surface area contributed by atoms with E-state index in [2.05, 4.69) is 14.9 Å². The van der Waals surface area contributed by atoms with Crippen LogP contribution in [0, 0.1) is 6.92 Å². The van der Waals surface area contributed by atoms with E-state index >= 15 is 0 Å². The maximum Gasteiger partial charge on any atom is 0.409 e. The molecule has 0 spiro atoms. The molecule has 1 saturated heterocycles. The Hall–Kier alpha value is -2.46. The molecule has 2 aromatic rings. The summed E-state index contributed by atoms with van der Waals surface area (Å²) < 4.78 is 10.1. The van der Waals surface area contributed by atoms with Crippen molar-refractivity contribution in [1.82, 2.24) is 19.8 Å². The Balaban J connectivity index is 1.80. The number of rotatable bonds is 5. The molecule has 1 aliphatic heterocycles. The van der Waals surface area contributed by atoms with Gasteiger partial charge in [0, 0.05) is 26.2 Å². The minimum Gasteiger partial charge on any atom is -0.462 e. The van der Waals surface area contributed by atoms with E-state index in [0.717, 1.165) is 0 Å². The monoisotopic (exact) mass is 422 g/mol. The van der Waals surface area contributed by atoms with Crippen molar-refractivity contribution in [3.63, 3.8) is 0 Å². The van der Waals surface area contributed by atoms with Crippen LogP contribution in [0.5, 0.6) is 0 Å². The van der Waals surface area contributed by atoms with Gasteiger partial charge in [-0.15, -0.1) is 11.3 Å². The van der Waals surface area contributed by atoms with Crippen molar-refractivity contribution in [3.05, 3.63) is 26.6 Å². The van der Waals surface area contributed by atoms with Gasteiger partial charge < -0.3 is 19.4 Å². The zero-order valence-electron chi connectivity index (χ0n) is 17.1. The first-order valence-corrected chi connectivity index (χ1v) is 10.5. The molecule has 3 rings (SSSR count). The van der Waals surface area contributed by atoms with Crippen LogP contribution in [-0.2, 0) is 9.47 Å². The SMILES string of the molecule is CCOC(=O)c1sc2nc([C@@H](C)N3CCN(C(=O)OCC)CC3)[nH]c(=O)c2c1C. The van der Waals surface area contributed by atoms with Crippen LogP contribution in [-0.4, -0.2) is 71.2 Å². The van der Waals surface area contributed by atoms with Crippen molar-refractivity contribution in [2.24, 2.45) is 0 Å². The Bertz CT molecular complexity index is 961. The number of ether oxygens (including phenoxy) is 2. The van der Waals surface area contributed by atoms with Crippen LogP contribution in [0.4, 0.5) is 4.79 Å². The lowest BCUT2D eigenvalue weighted by molar-refractivity contribution is 0.0531. The Labute approximate surface area is 172 Å². The molecule has 29 heavy (non-hydrogen) atoms. The van der Waals surface area contributed by atoms with Gasteiger partial charge in [0.15, 0.2) is 0 Å². The number of H-pyrrole nitrogens is 1. The van der Waals surface area contributed by atoms with Crippen LogP contribution >= 0.6 is 11.3 Å². The molecule has 1 N–H and O–H groups in total. The third kappa shape index (κ3) is 4.27. The van der Waals surface area contributed by atoms with Crippen LogP contribution in [0.1, 0.15) is 47.9 Å². The Morgan fingerprint density at radius 1 is 1.17 bits per heavy atom. The number of esters is 1. The second kappa shape index (κ2) is 8.91. The summed E-state index contributed by atoms with van der Waals surface area (Å²) in [5.74, 6) is 0.112. The molecule has 1 amide bonds. The molecule has 10 heteroatoms. The van der Waals surface area contributed by atoms with E-state index in [1.54, 1.807) is 25.7 Å². The number of nitrogens with one attached hydrogen (secondary N) is 1. The smallest absolute Gasteiger partial charge is 0.409 e. The second-order valence-electron chi connectivity index (χ2n) is 6.81. The van der Waals surface area contributed by atoms with Crippen molar-refractivity contribution >= 4 is 33.6 Å². The number of amides is 1. The minimum absolute atomic E-state index is 0.134. The Kier molecular flexibility index (Phi) is 6.53. The predicted octanol–water partition coefficient (Wildman–Crippen LogP) is 2.30. The number of nitrogens with zero attached hydrogens (tertiary/aromatic N) is 3. The molecule has 3 heterocycles. The van der Waals surface area contributed by atoms with E-state index in [-0.39, 0.29) is 24.3 Å². The Morgan fingerprint density at radius 2 is 1.83 bits per heavy atom. The van der Waals surface area contributed by atoms with Gasteiger partial charge in [-0.05, 0) is 33.3 Å². The standard InChI is InChI=1S/C19H26N4O5S/c1-5-27-18(25)14-11(3)13-16(24)20-15(21-17(13)29-14)12(4)22-7-9-23(10-8-22)19(26)28-6-2/h12H,5-10H2,1-4H3,(H,20,21,24)/t12-/m1/s1. The Morgan fingerprint density at radius 3 is 2.45 bits per heavy atom. The summed E-state index contributed by atoms with van der Waals surface area (Å²) in [6.45, 7) is 10.3. The topological polar surface area (TPSA) is 105 Å². The maximum absolute atomic E-state index is 12.7. The molecule has 2 aromatic heterocycles. The highest BCUT2D eigenvalue weighted by molar-refractivity contribution is 7.20. The average Bonchev–Trinajstić information content (AvgIpc) is 3.05. The normalized spacial score (nSPS) is 16.1. The summed E-state index contributed by atoms with van der Waals surface area (Å²) in [5, 5.41) is 0.432. The van der Waals surface area contributed by atoms with Gasteiger partial charge in [-0.2, -0.15) is 0 Å². The van der Waals surface area contributed by atoms with Crippen molar-refractivity contribution < 1.29 is 19.1 Å². The number of thiophene rings is 1. The highest BCUT2D eigenvalue weighted by Crippen LogP contribution is 2.29. The zero-order valence-corrected chi connectivity index (χ0v) is 17.9. The number of carbonyl (C=O) groups is 2. The summed E-state index contributed by atoms with van der Waals surface area (Å²) >= 11 is 1.18. The number of aromatic nitrogens is 2. The van der Waals surface area contributed by atoms with Crippen LogP contribution in [0.25, 0.3) is 10.2 Å². The molecule has 0 aromatic carbocycles. The van der Waals surface area contributed by atoms with E-state index in [0.29, 0.717) is 59.3 Å². The van der Waals surface area contributed by atoms with Gasteiger partial charge >= 0.3 is 12.1 Å². The van der Waals surface area contributed by atoms with Crippen LogP contribution in [0.2, 0.25) is 0 Å². The average molecular weight is 423 g/mol. The molecule has 1 aliphatic rings. The van der Waals surface area contributed by atoms with Gasteiger partial charge in [0.1, 0.15) is 15.5 Å². The molecule has 0 unspecified atom stereocenters. The quantitative estimate of drug-likeness (QED) is 0.737. The lowest BCUT2D eigenvalue weighted by atomic mass is 10.2. The third-order valence-corrected chi connectivity index (χ3v) is 6.23. The van der Waals surface area contributed by atoms with Crippen LogP contribution in [0.3, 0.4) is 0 Å². The molecule has 0 radical (unpaired) electrons. The first-order valence-electron chi connectivity index (χ1n) is 9.73. The first-order chi connectivity index (χ1) is 13.9. The number of aromatic amines is 1. The van der Waals surface area contributed by atoms with Gasteiger partial charge in [0.25, 0.3) is 5.56 Å². The second-order valence-corrected chi connectivity index (χ2v) is 7.80. The summed E-state index contributed by atoms with van der Waals surface area (Å²) in [5.41, 5.74) is 0.339. The fraction of sp³-hybridized carbons (Fsp3) is 0.579. The largest absolute Gasteiger partial charge is 0.462 e.